The second kappa shape index (κ2) is 4.24. The minimum absolute atomic E-state index is 0.289. The number of Topliss-reactive ketones (excluding diaryl/α,β-unsaturated/α-hetero) is 1. The SMILES string of the molecule is CC1=C(c2ccsc2)C(=O)CC1c1ccsc1. The standard InChI is InChI=1S/C14H12OS2/c1-9-12(10-2-4-16-7-10)6-13(15)14(9)11-3-5-17-8-11/h2-5,7-8,12H,6H2,1H3. The fourth-order valence-corrected chi connectivity index (χ4v) is 3.83. The van der Waals surface area contributed by atoms with Gasteiger partial charge in [0, 0.05) is 17.9 Å². The normalized spacial score (nSPS) is 20.3. The number of hydrogen-bond donors (Lipinski definition) is 0. The van der Waals surface area contributed by atoms with E-state index in [0.29, 0.717) is 12.3 Å². The van der Waals surface area contributed by atoms with Crippen molar-refractivity contribution < 1.29 is 4.79 Å². The van der Waals surface area contributed by atoms with Gasteiger partial charge in [0.05, 0.1) is 0 Å². The first-order valence-corrected chi connectivity index (χ1v) is 7.44. The number of allylic oxidation sites excluding steroid dienone is 2. The van der Waals surface area contributed by atoms with Crippen molar-refractivity contribution in [3.63, 3.8) is 0 Å². The highest BCUT2D eigenvalue weighted by Gasteiger charge is 2.31. The summed E-state index contributed by atoms with van der Waals surface area (Å²) >= 11 is 3.34. The molecule has 2 aromatic rings. The van der Waals surface area contributed by atoms with E-state index in [1.54, 1.807) is 22.7 Å². The molecule has 0 saturated carbocycles. The lowest BCUT2D eigenvalue weighted by atomic mass is 9.95. The van der Waals surface area contributed by atoms with Crippen LogP contribution in [0.2, 0.25) is 0 Å². The molecular weight excluding hydrogens is 248 g/mol. The summed E-state index contributed by atoms with van der Waals surface area (Å²) < 4.78 is 0. The van der Waals surface area contributed by atoms with E-state index in [1.807, 2.05) is 11.4 Å². The molecule has 2 heterocycles. The summed E-state index contributed by atoms with van der Waals surface area (Å²) in [5.41, 5.74) is 4.55. The van der Waals surface area contributed by atoms with Crippen molar-refractivity contribution in [2.75, 3.05) is 0 Å². The summed E-state index contributed by atoms with van der Waals surface area (Å²) in [6.07, 6.45) is 0.633. The van der Waals surface area contributed by atoms with Gasteiger partial charge in [-0.1, -0.05) is 5.57 Å². The fraction of sp³-hybridized carbons (Fsp3) is 0.214. The zero-order chi connectivity index (χ0) is 11.8. The molecule has 1 aliphatic rings. The van der Waals surface area contributed by atoms with Crippen molar-refractivity contribution in [3.8, 4) is 0 Å². The highest BCUT2D eigenvalue weighted by Crippen LogP contribution is 2.42. The Morgan fingerprint density at radius 1 is 1.18 bits per heavy atom. The third kappa shape index (κ3) is 1.79. The van der Waals surface area contributed by atoms with Gasteiger partial charge in [0.25, 0.3) is 0 Å². The molecule has 0 saturated heterocycles. The zero-order valence-corrected chi connectivity index (χ0v) is 11.1. The molecule has 2 aromatic heterocycles. The maximum atomic E-state index is 12.1. The molecule has 1 nitrogen and oxygen atoms in total. The van der Waals surface area contributed by atoms with Gasteiger partial charge in [0.1, 0.15) is 0 Å². The molecule has 0 spiro atoms. The van der Waals surface area contributed by atoms with E-state index in [0.717, 1.165) is 11.1 Å². The second-order valence-corrected chi connectivity index (χ2v) is 5.87. The van der Waals surface area contributed by atoms with E-state index in [2.05, 4.69) is 29.1 Å². The molecule has 0 radical (unpaired) electrons. The summed E-state index contributed by atoms with van der Waals surface area (Å²) in [6.45, 7) is 2.10. The monoisotopic (exact) mass is 260 g/mol. The van der Waals surface area contributed by atoms with Crippen LogP contribution >= 0.6 is 22.7 Å². The average Bonchev–Trinajstić information content (AvgIpc) is 2.99. The number of carbonyl (C=O) groups excluding carboxylic acids is 1. The average molecular weight is 260 g/mol. The van der Waals surface area contributed by atoms with Gasteiger partial charge < -0.3 is 0 Å². The van der Waals surface area contributed by atoms with E-state index < -0.39 is 0 Å². The topological polar surface area (TPSA) is 17.1 Å². The lowest BCUT2D eigenvalue weighted by molar-refractivity contribution is -0.113. The Kier molecular flexibility index (Phi) is 2.73. The largest absolute Gasteiger partial charge is 0.294 e. The summed E-state index contributed by atoms with van der Waals surface area (Å²) in [7, 11) is 0. The predicted octanol–water partition coefficient (Wildman–Crippen LogP) is 4.34. The number of thiophene rings is 2. The van der Waals surface area contributed by atoms with Crippen molar-refractivity contribution in [1.29, 1.82) is 0 Å². The first-order chi connectivity index (χ1) is 8.27. The Morgan fingerprint density at radius 2 is 1.94 bits per heavy atom. The van der Waals surface area contributed by atoms with Crippen molar-refractivity contribution in [2.24, 2.45) is 0 Å². The van der Waals surface area contributed by atoms with Gasteiger partial charge >= 0.3 is 0 Å². The summed E-state index contributed by atoms with van der Waals surface area (Å²) in [5.74, 6) is 0.584. The number of ketones is 1. The third-order valence-electron chi connectivity index (χ3n) is 3.34. The van der Waals surface area contributed by atoms with Crippen LogP contribution in [0.4, 0.5) is 0 Å². The fourth-order valence-electron chi connectivity index (χ4n) is 2.47. The molecule has 0 N–H and O–H groups in total. The quantitative estimate of drug-likeness (QED) is 0.785. The summed E-state index contributed by atoms with van der Waals surface area (Å²) in [5, 5.41) is 8.32. The van der Waals surface area contributed by atoms with Gasteiger partial charge in [-0.2, -0.15) is 22.7 Å². The van der Waals surface area contributed by atoms with Gasteiger partial charge in [-0.05, 0) is 51.7 Å². The maximum Gasteiger partial charge on any atom is 0.164 e. The van der Waals surface area contributed by atoms with Crippen LogP contribution in [0.1, 0.15) is 30.4 Å². The van der Waals surface area contributed by atoms with Crippen LogP contribution in [-0.2, 0) is 4.79 Å². The van der Waals surface area contributed by atoms with Crippen LogP contribution in [0.5, 0.6) is 0 Å². The maximum absolute atomic E-state index is 12.1. The highest BCUT2D eigenvalue weighted by atomic mass is 32.1. The molecule has 1 atom stereocenters. The highest BCUT2D eigenvalue weighted by molar-refractivity contribution is 7.08. The molecule has 0 aromatic carbocycles. The van der Waals surface area contributed by atoms with Crippen LogP contribution in [-0.4, -0.2) is 5.78 Å². The predicted molar refractivity (Wildman–Crippen MR) is 73.6 cm³/mol. The zero-order valence-electron chi connectivity index (χ0n) is 9.47. The van der Waals surface area contributed by atoms with E-state index >= 15 is 0 Å². The Morgan fingerprint density at radius 3 is 2.59 bits per heavy atom. The molecule has 86 valence electrons. The molecule has 1 unspecified atom stereocenters. The third-order valence-corrected chi connectivity index (χ3v) is 4.73. The van der Waals surface area contributed by atoms with E-state index in [-0.39, 0.29) is 5.78 Å². The Hall–Kier alpha value is -1.19. The van der Waals surface area contributed by atoms with Crippen molar-refractivity contribution >= 4 is 34.0 Å². The molecular formula is C14H12OS2. The van der Waals surface area contributed by atoms with Crippen LogP contribution < -0.4 is 0 Å². The molecule has 17 heavy (non-hydrogen) atoms. The second-order valence-electron chi connectivity index (χ2n) is 4.31. The first kappa shape index (κ1) is 10.9. The van der Waals surface area contributed by atoms with Gasteiger partial charge in [0.15, 0.2) is 5.78 Å². The van der Waals surface area contributed by atoms with Crippen molar-refractivity contribution in [1.82, 2.24) is 0 Å². The molecule has 0 aliphatic heterocycles. The molecule has 3 rings (SSSR count). The number of rotatable bonds is 2. The lowest BCUT2D eigenvalue weighted by Crippen LogP contribution is -1.96. The van der Waals surface area contributed by atoms with E-state index in [1.165, 1.54) is 11.1 Å². The van der Waals surface area contributed by atoms with Gasteiger partial charge in [-0.15, -0.1) is 0 Å². The smallest absolute Gasteiger partial charge is 0.164 e. The van der Waals surface area contributed by atoms with Crippen LogP contribution in [0, 0.1) is 0 Å². The van der Waals surface area contributed by atoms with Crippen LogP contribution in [0.25, 0.3) is 5.57 Å². The Balaban J connectivity index is 2.05. The molecule has 0 bridgehead atoms. The van der Waals surface area contributed by atoms with Gasteiger partial charge in [0.2, 0.25) is 0 Å². The van der Waals surface area contributed by atoms with Crippen LogP contribution in [0.3, 0.4) is 0 Å². The molecule has 1 aliphatic carbocycles. The Labute approximate surface area is 108 Å². The van der Waals surface area contributed by atoms with Gasteiger partial charge in [-0.3, -0.25) is 4.79 Å². The lowest BCUT2D eigenvalue weighted by Gasteiger charge is -2.08. The minimum atomic E-state index is 0.289. The summed E-state index contributed by atoms with van der Waals surface area (Å²) in [4.78, 5) is 12.1. The van der Waals surface area contributed by atoms with E-state index in [4.69, 9.17) is 0 Å². The molecule has 3 heteroatoms. The number of hydrogen-bond acceptors (Lipinski definition) is 3. The molecule has 0 amide bonds. The summed E-state index contributed by atoms with van der Waals surface area (Å²) in [6, 6.07) is 4.17. The van der Waals surface area contributed by atoms with E-state index in [9.17, 15) is 4.79 Å². The minimum Gasteiger partial charge on any atom is -0.294 e. The molecule has 0 fully saturated rings. The van der Waals surface area contributed by atoms with Crippen molar-refractivity contribution in [2.45, 2.75) is 19.3 Å². The first-order valence-electron chi connectivity index (χ1n) is 5.56. The van der Waals surface area contributed by atoms with Crippen LogP contribution in [0.15, 0.2) is 39.2 Å². The van der Waals surface area contributed by atoms with Crippen molar-refractivity contribution in [3.05, 3.63) is 50.4 Å². The van der Waals surface area contributed by atoms with Gasteiger partial charge in [-0.25, -0.2) is 0 Å². The number of carbonyl (C=O) groups is 1. The Bertz CT molecular complexity index is 561.